The smallest absolute Gasteiger partial charge is 0.176 e. The van der Waals surface area contributed by atoms with Gasteiger partial charge in [0.15, 0.2) is 11.6 Å². The Kier molecular flexibility index (Phi) is 7.26. The van der Waals surface area contributed by atoms with E-state index in [1.807, 2.05) is 25.3 Å². The average molecular weight is 391 g/mol. The zero-order valence-electron chi connectivity index (χ0n) is 16.5. The van der Waals surface area contributed by atoms with Crippen LogP contribution in [-0.2, 0) is 11.2 Å². The summed E-state index contributed by atoms with van der Waals surface area (Å²) < 4.78 is 0. The van der Waals surface area contributed by atoms with E-state index in [9.17, 15) is 4.79 Å². The third-order valence-corrected chi connectivity index (χ3v) is 5.66. The fourth-order valence-corrected chi connectivity index (χ4v) is 3.81. The molecule has 0 saturated carbocycles. The number of aliphatic imine (C=N–C) groups is 1. The lowest BCUT2D eigenvalue weighted by atomic mass is 10.0. The van der Waals surface area contributed by atoms with Gasteiger partial charge in [0.25, 0.3) is 0 Å². The number of aryl methyl sites for hydroxylation is 2. The molecule has 0 atom stereocenters. The van der Waals surface area contributed by atoms with Gasteiger partial charge in [0, 0.05) is 23.1 Å². The molecule has 2 aromatic heterocycles. The number of aromatic nitrogens is 1. The van der Waals surface area contributed by atoms with Crippen LogP contribution in [0.1, 0.15) is 43.7 Å². The minimum absolute atomic E-state index is 0.114. The van der Waals surface area contributed by atoms with Crippen LogP contribution in [0.3, 0.4) is 0 Å². The quantitative estimate of drug-likeness (QED) is 0.306. The number of rotatable bonds is 9. The van der Waals surface area contributed by atoms with Crippen molar-refractivity contribution in [1.82, 2.24) is 4.98 Å². The molecule has 0 spiro atoms. The lowest BCUT2D eigenvalue weighted by Crippen LogP contribution is -2.09. The summed E-state index contributed by atoms with van der Waals surface area (Å²) in [5.41, 5.74) is 3.98. The topological polar surface area (TPSA) is 42.3 Å². The Morgan fingerprint density at radius 2 is 1.89 bits per heavy atom. The molecule has 0 unspecified atom stereocenters. The zero-order valence-corrected chi connectivity index (χ0v) is 17.3. The van der Waals surface area contributed by atoms with Crippen LogP contribution in [0.5, 0.6) is 0 Å². The van der Waals surface area contributed by atoms with Gasteiger partial charge in [-0.1, -0.05) is 42.8 Å². The van der Waals surface area contributed by atoms with E-state index in [2.05, 4.69) is 51.8 Å². The summed E-state index contributed by atoms with van der Waals surface area (Å²) in [4.78, 5) is 22.5. The molecule has 144 valence electrons. The maximum Gasteiger partial charge on any atom is 0.176 e. The van der Waals surface area contributed by atoms with Gasteiger partial charge in [-0.3, -0.25) is 4.79 Å². The first-order chi connectivity index (χ1) is 13.6. The van der Waals surface area contributed by atoms with Gasteiger partial charge in [-0.2, -0.15) is 0 Å². The Labute approximate surface area is 171 Å². The number of hydrogen-bond acceptors (Lipinski definition) is 4. The molecule has 3 aromatic rings. The van der Waals surface area contributed by atoms with Gasteiger partial charge in [0.2, 0.25) is 0 Å². The number of nitrogens with zero attached hydrogens (tertiary/aromatic N) is 2. The number of thiophene rings is 1. The number of Topliss-reactive ketones (excluding diaryl/α,β-unsaturated/α-hetero) is 1. The molecule has 0 aliphatic heterocycles. The Hall–Kier alpha value is -2.59. The minimum Gasteiger partial charge on any atom is -0.293 e. The molecule has 0 bridgehead atoms. The molecule has 1 aromatic carbocycles. The summed E-state index contributed by atoms with van der Waals surface area (Å²) in [5, 5.41) is 2.05. The van der Waals surface area contributed by atoms with Crippen molar-refractivity contribution in [2.45, 2.75) is 46.0 Å². The van der Waals surface area contributed by atoms with Crippen molar-refractivity contribution < 1.29 is 4.79 Å². The number of benzene rings is 1. The molecule has 0 saturated heterocycles. The standard InChI is InChI=1S/C24H26N2OS/c1-18-16-21(23-14-9-15-28-23)17-25-24(18)26-19(2)22(27)13-8-4-7-12-20-10-5-3-6-11-20/h3,5-6,9-11,14-17H,4,7-8,12-13H2,1-2H3. The van der Waals surface area contributed by atoms with E-state index in [4.69, 9.17) is 0 Å². The van der Waals surface area contributed by atoms with Crippen molar-refractivity contribution in [2.24, 2.45) is 4.99 Å². The lowest BCUT2D eigenvalue weighted by molar-refractivity contribution is -0.113. The highest BCUT2D eigenvalue weighted by molar-refractivity contribution is 7.13. The van der Waals surface area contributed by atoms with Crippen molar-refractivity contribution in [2.75, 3.05) is 0 Å². The Balaban J connectivity index is 1.49. The number of ketones is 1. The molecule has 2 heterocycles. The molecule has 0 fully saturated rings. The molecule has 3 nitrogen and oxygen atoms in total. The number of hydrogen-bond donors (Lipinski definition) is 0. The summed E-state index contributed by atoms with van der Waals surface area (Å²) in [7, 11) is 0. The third kappa shape index (κ3) is 5.70. The molecule has 0 N–H and O–H groups in total. The summed E-state index contributed by atoms with van der Waals surface area (Å²) in [6.07, 6.45) is 6.53. The van der Waals surface area contributed by atoms with Gasteiger partial charge in [0.05, 0.1) is 5.71 Å². The first-order valence-corrected chi connectivity index (χ1v) is 10.6. The summed E-state index contributed by atoms with van der Waals surface area (Å²) in [5.74, 6) is 0.749. The number of pyridine rings is 1. The van der Waals surface area contributed by atoms with E-state index < -0.39 is 0 Å². The van der Waals surface area contributed by atoms with Gasteiger partial charge in [0.1, 0.15) is 0 Å². The molecular formula is C24H26N2OS. The fourth-order valence-electron chi connectivity index (χ4n) is 3.10. The van der Waals surface area contributed by atoms with E-state index in [0.29, 0.717) is 18.0 Å². The van der Waals surface area contributed by atoms with E-state index in [1.54, 1.807) is 18.3 Å². The van der Waals surface area contributed by atoms with Crippen LogP contribution in [0.4, 0.5) is 5.82 Å². The zero-order chi connectivity index (χ0) is 19.8. The van der Waals surface area contributed by atoms with Gasteiger partial charge in [-0.25, -0.2) is 9.98 Å². The molecule has 0 amide bonds. The molecule has 28 heavy (non-hydrogen) atoms. The largest absolute Gasteiger partial charge is 0.293 e. The van der Waals surface area contributed by atoms with Crippen LogP contribution in [0.2, 0.25) is 0 Å². The highest BCUT2D eigenvalue weighted by atomic mass is 32.1. The predicted octanol–water partition coefficient (Wildman–Crippen LogP) is 6.58. The number of unbranched alkanes of at least 4 members (excludes halogenated alkanes) is 2. The van der Waals surface area contributed by atoms with Crippen molar-refractivity contribution in [1.29, 1.82) is 0 Å². The Bertz CT molecular complexity index is 931. The summed E-state index contributed by atoms with van der Waals surface area (Å²) >= 11 is 1.69. The van der Waals surface area contributed by atoms with Crippen molar-refractivity contribution in [3.8, 4) is 10.4 Å². The second kappa shape index (κ2) is 10.1. The van der Waals surface area contributed by atoms with Gasteiger partial charge >= 0.3 is 0 Å². The maximum atomic E-state index is 12.4. The minimum atomic E-state index is 0.114. The highest BCUT2D eigenvalue weighted by Crippen LogP contribution is 2.27. The average Bonchev–Trinajstić information content (AvgIpc) is 3.24. The second-order valence-electron chi connectivity index (χ2n) is 7.01. The normalized spacial score (nSPS) is 11.6. The van der Waals surface area contributed by atoms with Crippen LogP contribution in [0.15, 0.2) is 65.1 Å². The Morgan fingerprint density at radius 1 is 1.07 bits per heavy atom. The molecule has 0 aliphatic carbocycles. The number of carbonyl (C=O) groups is 1. The van der Waals surface area contributed by atoms with E-state index in [0.717, 1.165) is 36.8 Å². The fraction of sp³-hybridized carbons (Fsp3) is 0.292. The molecule has 0 aliphatic rings. The monoisotopic (exact) mass is 390 g/mol. The molecule has 4 heteroatoms. The van der Waals surface area contributed by atoms with E-state index in [1.165, 1.54) is 10.4 Å². The third-order valence-electron chi connectivity index (χ3n) is 4.75. The molecular weight excluding hydrogens is 364 g/mol. The highest BCUT2D eigenvalue weighted by Gasteiger charge is 2.09. The van der Waals surface area contributed by atoms with Crippen molar-refractivity contribution in [3.63, 3.8) is 0 Å². The van der Waals surface area contributed by atoms with Gasteiger partial charge in [-0.05, 0) is 61.7 Å². The van der Waals surface area contributed by atoms with Crippen LogP contribution in [0.25, 0.3) is 10.4 Å². The SMILES string of the molecule is CC(=Nc1ncc(-c2cccs2)cc1C)C(=O)CCCCCc1ccccc1. The summed E-state index contributed by atoms with van der Waals surface area (Å²) in [6.45, 7) is 3.78. The van der Waals surface area contributed by atoms with Crippen LogP contribution in [-0.4, -0.2) is 16.5 Å². The maximum absolute atomic E-state index is 12.4. The van der Waals surface area contributed by atoms with Crippen LogP contribution >= 0.6 is 11.3 Å². The Morgan fingerprint density at radius 3 is 2.61 bits per heavy atom. The van der Waals surface area contributed by atoms with E-state index in [-0.39, 0.29) is 5.78 Å². The molecule has 0 radical (unpaired) electrons. The van der Waals surface area contributed by atoms with Crippen molar-refractivity contribution in [3.05, 3.63) is 71.2 Å². The lowest BCUT2D eigenvalue weighted by Gasteiger charge is -2.05. The summed E-state index contributed by atoms with van der Waals surface area (Å²) in [6, 6.07) is 16.7. The van der Waals surface area contributed by atoms with Crippen LogP contribution < -0.4 is 0 Å². The van der Waals surface area contributed by atoms with Gasteiger partial charge in [-0.15, -0.1) is 11.3 Å². The first-order valence-electron chi connectivity index (χ1n) is 9.76. The predicted molar refractivity (Wildman–Crippen MR) is 119 cm³/mol. The number of carbonyl (C=O) groups excluding carboxylic acids is 1. The van der Waals surface area contributed by atoms with Crippen molar-refractivity contribution >= 4 is 28.6 Å². The second-order valence-corrected chi connectivity index (χ2v) is 7.96. The van der Waals surface area contributed by atoms with Crippen LogP contribution in [0, 0.1) is 6.92 Å². The van der Waals surface area contributed by atoms with Gasteiger partial charge < -0.3 is 0 Å². The molecule has 3 rings (SSSR count). The first kappa shape index (κ1) is 20.2. The van der Waals surface area contributed by atoms with E-state index >= 15 is 0 Å².